The van der Waals surface area contributed by atoms with Crippen molar-refractivity contribution in [1.82, 2.24) is 5.43 Å². The van der Waals surface area contributed by atoms with Gasteiger partial charge in [-0.2, -0.15) is 5.10 Å². The van der Waals surface area contributed by atoms with Crippen molar-refractivity contribution in [2.45, 2.75) is 6.92 Å². The van der Waals surface area contributed by atoms with Gasteiger partial charge in [0, 0.05) is 20.8 Å². The van der Waals surface area contributed by atoms with E-state index in [1.165, 1.54) is 18.2 Å². The summed E-state index contributed by atoms with van der Waals surface area (Å²) < 4.78 is 0.956. The molecule has 0 aliphatic heterocycles. The molecular weight excluding hydrogens is 383 g/mol. The molecule has 0 fully saturated rings. The van der Waals surface area contributed by atoms with Gasteiger partial charge in [0.2, 0.25) is 0 Å². The van der Waals surface area contributed by atoms with E-state index in [1.807, 2.05) is 6.07 Å². The van der Waals surface area contributed by atoms with Crippen molar-refractivity contribution >= 4 is 34.2 Å². The molecule has 2 aromatic rings. The molecule has 0 aliphatic carbocycles. The lowest BCUT2D eigenvalue weighted by Crippen LogP contribution is -2.19. The minimum Gasteiger partial charge on any atom is -0.508 e. The molecule has 0 saturated heterocycles. The zero-order chi connectivity index (χ0) is 15.4. The predicted molar refractivity (Wildman–Crippen MR) is 88.6 cm³/mol. The number of benzene rings is 2. The Balaban J connectivity index is 2.15. The first kappa shape index (κ1) is 15.3. The summed E-state index contributed by atoms with van der Waals surface area (Å²) in [6, 6.07) is 11.3. The zero-order valence-corrected chi connectivity index (χ0v) is 13.3. The number of hydrogen-bond donors (Lipinski definition) is 3. The van der Waals surface area contributed by atoms with Crippen molar-refractivity contribution in [3.63, 3.8) is 0 Å². The molecule has 0 heterocycles. The van der Waals surface area contributed by atoms with Gasteiger partial charge >= 0.3 is 0 Å². The predicted octanol–water partition coefficient (Wildman–Crippen LogP) is 2.86. The van der Waals surface area contributed by atoms with Crippen molar-refractivity contribution in [1.29, 1.82) is 0 Å². The van der Waals surface area contributed by atoms with E-state index in [0.29, 0.717) is 16.8 Å². The maximum absolute atomic E-state index is 11.9. The first-order valence-corrected chi connectivity index (χ1v) is 7.18. The first-order chi connectivity index (χ1) is 9.97. The topological polar surface area (TPSA) is 81.9 Å². The number of carbonyl (C=O) groups is 1. The van der Waals surface area contributed by atoms with Gasteiger partial charge in [-0.1, -0.05) is 6.07 Å². The van der Waals surface area contributed by atoms with Crippen LogP contribution in [0.25, 0.3) is 0 Å². The summed E-state index contributed by atoms with van der Waals surface area (Å²) in [7, 11) is 0. The van der Waals surface area contributed by atoms with Crippen LogP contribution in [0.5, 0.6) is 11.5 Å². The molecule has 6 heteroatoms. The second-order valence-corrected chi connectivity index (χ2v) is 5.60. The van der Waals surface area contributed by atoms with Gasteiger partial charge in [-0.05, 0) is 59.8 Å². The second-order valence-electron chi connectivity index (χ2n) is 4.35. The van der Waals surface area contributed by atoms with Gasteiger partial charge in [-0.25, -0.2) is 5.43 Å². The number of rotatable bonds is 3. The molecule has 2 aromatic carbocycles. The van der Waals surface area contributed by atoms with E-state index in [0.717, 1.165) is 3.57 Å². The molecule has 5 nitrogen and oxygen atoms in total. The highest BCUT2D eigenvalue weighted by Crippen LogP contribution is 2.22. The third kappa shape index (κ3) is 3.94. The SMILES string of the molecule is C/C(=N\NC(=O)c1cccc(I)c1)c1ccc(O)cc1O. The summed E-state index contributed by atoms with van der Waals surface area (Å²) in [4.78, 5) is 11.9. The second kappa shape index (κ2) is 6.57. The van der Waals surface area contributed by atoms with E-state index in [-0.39, 0.29) is 17.4 Å². The molecule has 0 unspecified atom stereocenters. The number of aromatic hydroxyl groups is 2. The zero-order valence-electron chi connectivity index (χ0n) is 11.2. The molecule has 1 amide bonds. The summed E-state index contributed by atoms with van der Waals surface area (Å²) in [5.74, 6) is -0.460. The van der Waals surface area contributed by atoms with E-state index < -0.39 is 0 Å². The van der Waals surface area contributed by atoms with Crippen LogP contribution in [0.2, 0.25) is 0 Å². The third-order valence-corrected chi connectivity index (χ3v) is 3.45. The van der Waals surface area contributed by atoms with Crippen LogP contribution in [0.4, 0.5) is 0 Å². The molecule has 108 valence electrons. The van der Waals surface area contributed by atoms with Crippen LogP contribution in [-0.4, -0.2) is 21.8 Å². The lowest BCUT2D eigenvalue weighted by Gasteiger charge is -2.05. The van der Waals surface area contributed by atoms with Crippen molar-refractivity contribution < 1.29 is 15.0 Å². The van der Waals surface area contributed by atoms with E-state index in [4.69, 9.17) is 0 Å². The number of carbonyl (C=O) groups excluding carboxylic acids is 1. The molecule has 0 atom stereocenters. The fourth-order valence-electron chi connectivity index (χ4n) is 1.72. The highest BCUT2D eigenvalue weighted by atomic mass is 127. The average molecular weight is 396 g/mol. The number of halogens is 1. The summed E-state index contributed by atoms with van der Waals surface area (Å²) >= 11 is 2.12. The van der Waals surface area contributed by atoms with Crippen LogP contribution in [-0.2, 0) is 0 Å². The summed E-state index contributed by atoms with van der Waals surface area (Å²) in [5, 5.41) is 22.9. The summed E-state index contributed by atoms with van der Waals surface area (Å²) in [5.41, 5.74) is 3.82. The number of nitrogens with zero attached hydrogens (tertiary/aromatic N) is 1. The molecule has 0 bridgehead atoms. The van der Waals surface area contributed by atoms with E-state index in [1.54, 1.807) is 25.1 Å². The monoisotopic (exact) mass is 396 g/mol. The van der Waals surface area contributed by atoms with Crippen LogP contribution >= 0.6 is 22.6 Å². The quantitative estimate of drug-likeness (QED) is 0.424. The molecule has 3 N–H and O–H groups in total. The molecular formula is C15H13IN2O3. The van der Waals surface area contributed by atoms with Gasteiger partial charge in [0.25, 0.3) is 5.91 Å². The molecule has 0 aromatic heterocycles. The van der Waals surface area contributed by atoms with Crippen LogP contribution < -0.4 is 5.43 Å². The highest BCUT2D eigenvalue weighted by molar-refractivity contribution is 14.1. The van der Waals surface area contributed by atoms with Crippen molar-refractivity contribution in [2.75, 3.05) is 0 Å². The fourth-order valence-corrected chi connectivity index (χ4v) is 2.26. The van der Waals surface area contributed by atoms with Crippen LogP contribution in [0, 0.1) is 3.57 Å². The molecule has 0 aliphatic rings. The van der Waals surface area contributed by atoms with Crippen molar-refractivity contribution in [3.05, 3.63) is 57.2 Å². The lowest BCUT2D eigenvalue weighted by molar-refractivity contribution is 0.0954. The number of hydrogen-bond acceptors (Lipinski definition) is 4. The summed E-state index contributed by atoms with van der Waals surface area (Å²) in [6.07, 6.45) is 0. The van der Waals surface area contributed by atoms with Gasteiger partial charge < -0.3 is 10.2 Å². The largest absolute Gasteiger partial charge is 0.508 e. The van der Waals surface area contributed by atoms with Gasteiger partial charge in [-0.15, -0.1) is 0 Å². The number of phenols is 2. The molecule has 0 spiro atoms. The number of hydrazone groups is 1. The minimum atomic E-state index is -0.328. The Morgan fingerprint density at radius 2 is 1.95 bits per heavy atom. The normalized spacial score (nSPS) is 11.2. The number of amides is 1. The van der Waals surface area contributed by atoms with Gasteiger partial charge in [0.15, 0.2) is 0 Å². The lowest BCUT2D eigenvalue weighted by atomic mass is 10.1. The van der Waals surface area contributed by atoms with Crippen molar-refractivity contribution in [3.8, 4) is 11.5 Å². The van der Waals surface area contributed by atoms with Crippen molar-refractivity contribution in [2.24, 2.45) is 5.10 Å². The van der Waals surface area contributed by atoms with E-state index >= 15 is 0 Å². The van der Waals surface area contributed by atoms with E-state index in [2.05, 4.69) is 33.1 Å². The minimum absolute atomic E-state index is 0.0352. The molecule has 0 radical (unpaired) electrons. The number of nitrogens with one attached hydrogen (secondary N) is 1. The maximum atomic E-state index is 11.9. The Bertz CT molecular complexity index is 714. The molecule has 2 rings (SSSR count). The third-order valence-electron chi connectivity index (χ3n) is 2.78. The Labute approximate surface area is 135 Å². The highest BCUT2D eigenvalue weighted by Gasteiger charge is 2.08. The molecule has 0 saturated carbocycles. The van der Waals surface area contributed by atoms with Gasteiger partial charge in [0.05, 0.1) is 5.71 Å². The average Bonchev–Trinajstić information content (AvgIpc) is 2.44. The van der Waals surface area contributed by atoms with Crippen LogP contribution in [0.3, 0.4) is 0 Å². The standard InChI is InChI=1S/C15H13IN2O3/c1-9(13-6-5-12(19)8-14(13)20)17-18-15(21)10-3-2-4-11(16)7-10/h2-8,19-20H,1H3,(H,18,21)/b17-9+. The smallest absolute Gasteiger partial charge is 0.271 e. The number of phenolic OH excluding ortho intramolecular Hbond substituents is 2. The Morgan fingerprint density at radius 3 is 2.62 bits per heavy atom. The van der Waals surface area contributed by atoms with Gasteiger partial charge in [-0.3, -0.25) is 4.79 Å². The Hall–Kier alpha value is -2.09. The van der Waals surface area contributed by atoms with Crippen LogP contribution in [0.15, 0.2) is 47.6 Å². The summed E-state index contributed by atoms with van der Waals surface area (Å²) in [6.45, 7) is 1.65. The Morgan fingerprint density at radius 1 is 1.19 bits per heavy atom. The van der Waals surface area contributed by atoms with Crippen LogP contribution in [0.1, 0.15) is 22.8 Å². The molecule has 21 heavy (non-hydrogen) atoms. The van der Waals surface area contributed by atoms with Gasteiger partial charge in [0.1, 0.15) is 11.5 Å². The first-order valence-electron chi connectivity index (χ1n) is 6.10. The van der Waals surface area contributed by atoms with E-state index in [9.17, 15) is 15.0 Å². The Kier molecular flexibility index (Phi) is 4.79. The maximum Gasteiger partial charge on any atom is 0.271 e. The fraction of sp³-hybridized carbons (Fsp3) is 0.0667.